The second-order valence-electron chi connectivity index (χ2n) is 6.78. The van der Waals surface area contributed by atoms with Crippen molar-refractivity contribution in [1.29, 1.82) is 0 Å². The van der Waals surface area contributed by atoms with Gasteiger partial charge in [0.2, 0.25) is 11.8 Å². The number of nitrogens with two attached hydrogens (primary N) is 1. The number of rotatable bonds is 6. The van der Waals surface area contributed by atoms with Gasteiger partial charge in [0, 0.05) is 25.6 Å². The Balaban J connectivity index is 0.00000208. The summed E-state index contributed by atoms with van der Waals surface area (Å²) < 4.78 is 0. The van der Waals surface area contributed by atoms with Gasteiger partial charge in [0.25, 0.3) is 0 Å². The fourth-order valence-electron chi connectivity index (χ4n) is 3.25. The molecule has 1 aliphatic carbocycles. The molecule has 1 aliphatic heterocycles. The Morgan fingerprint density at radius 2 is 2.00 bits per heavy atom. The Kier molecular flexibility index (Phi) is 6.24. The van der Waals surface area contributed by atoms with Crippen molar-refractivity contribution in [3.8, 4) is 0 Å². The summed E-state index contributed by atoms with van der Waals surface area (Å²) >= 11 is 0. The molecule has 1 aromatic carbocycles. The fourth-order valence-corrected chi connectivity index (χ4v) is 3.25. The van der Waals surface area contributed by atoms with Gasteiger partial charge in [-0.25, -0.2) is 0 Å². The molecule has 1 saturated heterocycles. The van der Waals surface area contributed by atoms with Crippen LogP contribution in [0.25, 0.3) is 0 Å². The van der Waals surface area contributed by atoms with Crippen LogP contribution in [-0.2, 0) is 9.59 Å². The van der Waals surface area contributed by atoms with Crippen molar-refractivity contribution in [2.45, 2.75) is 38.3 Å². The quantitative estimate of drug-likeness (QED) is 0.821. The first kappa shape index (κ1) is 18.7. The Morgan fingerprint density at radius 3 is 2.62 bits per heavy atom. The predicted molar refractivity (Wildman–Crippen MR) is 95.6 cm³/mol. The Morgan fingerprint density at radius 1 is 1.33 bits per heavy atom. The van der Waals surface area contributed by atoms with Crippen LogP contribution in [0.5, 0.6) is 0 Å². The van der Waals surface area contributed by atoms with Gasteiger partial charge in [0.05, 0.1) is 12.0 Å². The van der Waals surface area contributed by atoms with E-state index in [4.69, 9.17) is 5.73 Å². The largest absolute Gasteiger partial charge is 0.354 e. The van der Waals surface area contributed by atoms with E-state index in [-0.39, 0.29) is 42.2 Å². The summed E-state index contributed by atoms with van der Waals surface area (Å²) in [6, 6.07) is 9.97. The number of hydrogen-bond donors (Lipinski definition) is 2. The number of amides is 2. The predicted octanol–water partition coefficient (Wildman–Crippen LogP) is 1.87. The van der Waals surface area contributed by atoms with Crippen molar-refractivity contribution in [2.24, 2.45) is 17.6 Å². The zero-order valence-corrected chi connectivity index (χ0v) is 14.8. The van der Waals surface area contributed by atoms with E-state index in [9.17, 15) is 9.59 Å². The summed E-state index contributed by atoms with van der Waals surface area (Å²) in [5, 5.41) is 2.92. The third-order valence-electron chi connectivity index (χ3n) is 5.02. The minimum absolute atomic E-state index is 0. The van der Waals surface area contributed by atoms with Gasteiger partial charge in [-0.05, 0) is 31.2 Å². The molecule has 132 valence electrons. The molecule has 5 nitrogen and oxygen atoms in total. The normalized spacial score (nSPS) is 22.7. The van der Waals surface area contributed by atoms with Crippen LogP contribution in [0.2, 0.25) is 0 Å². The first-order valence-corrected chi connectivity index (χ1v) is 8.44. The van der Waals surface area contributed by atoms with Crippen LogP contribution in [0.4, 0.5) is 0 Å². The SMILES string of the molecule is CC(c1ccccc1)N1CC(C(=O)NCC(N)C2CC2)CC1=O.Cl. The Labute approximate surface area is 149 Å². The Bertz CT molecular complexity index is 577. The van der Waals surface area contributed by atoms with Gasteiger partial charge < -0.3 is 16.0 Å². The fraction of sp³-hybridized carbons (Fsp3) is 0.556. The minimum atomic E-state index is -0.264. The number of carbonyl (C=O) groups is 2. The van der Waals surface area contributed by atoms with Crippen LogP contribution in [-0.4, -0.2) is 35.8 Å². The average Bonchev–Trinajstić information content (AvgIpc) is 3.35. The van der Waals surface area contributed by atoms with Gasteiger partial charge in [0.15, 0.2) is 0 Å². The number of benzene rings is 1. The standard InChI is InChI=1S/C18H25N3O2.ClH/c1-12(13-5-3-2-4-6-13)21-11-15(9-17(21)22)18(23)20-10-16(19)14-7-8-14;/h2-6,12,14-16H,7-11,19H2,1H3,(H,20,23);1H. The molecule has 0 radical (unpaired) electrons. The molecule has 3 unspecified atom stereocenters. The van der Waals surface area contributed by atoms with Crippen molar-refractivity contribution in [2.75, 3.05) is 13.1 Å². The highest BCUT2D eigenvalue weighted by Gasteiger charge is 2.37. The lowest BCUT2D eigenvalue weighted by molar-refractivity contribution is -0.130. The zero-order valence-electron chi connectivity index (χ0n) is 14.0. The van der Waals surface area contributed by atoms with Crippen LogP contribution < -0.4 is 11.1 Å². The van der Waals surface area contributed by atoms with E-state index in [1.165, 1.54) is 12.8 Å². The lowest BCUT2D eigenvalue weighted by Crippen LogP contribution is -2.41. The molecule has 2 amide bonds. The molecule has 0 spiro atoms. The van der Waals surface area contributed by atoms with Crippen LogP contribution >= 0.6 is 12.4 Å². The first-order valence-electron chi connectivity index (χ1n) is 8.44. The van der Waals surface area contributed by atoms with E-state index < -0.39 is 0 Å². The highest BCUT2D eigenvalue weighted by atomic mass is 35.5. The maximum absolute atomic E-state index is 12.3. The van der Waals surface area contributed by atoms with Crippen molar-refractivity contribution >= 4 is 24.2 Å². The Hall–Kier alpha value is -1.59. The summed E-state index contributed by atoms with van der Waals surface area (Å²) in [7, 11) is 0. The molecule has 1 saturated carbocycles. The maximum atomic E-state index is 12.3. The van der Waals surface area contributed by atoms with E-state index >= 15 is 0 Å². The van der Waals surface area contributed by atoms with Gasteiger partial charge in [-0.3, -0.25) is 9.59 Å². The van der Waals surface area contributed by atoms with Crippen LogP contribution in [0, 0.1) is 11.8 Å². The third kappa shape index (κ3) is 4.28. The first-order chi connectivity index (χ1) is 11.1. The molecule has 2 aliphatic rings. The topological polar surface area (TPSA) is 75.4 Å². The van der Waals surface area contributed by atoms with E-state index in [0.717, 1.165) is 5.56 Å². The van der Waals surface area contributed by atoms with Crippen molar-refractivity contribution in [1.82, 2.24) is 10.2 Å². The number of nitrogens with one attached hydrogen (secondary N) is 1. The molecule has 0 bridgehead atoms. The van der Waals surface area contributed by atoms with E-state index in [1.54, 1.807) is 4.90 Å². The zero-order chi connectivity index (χ0) is 16.4. The summed E-state index contributed by atoms with van der Waals surface area (Å²) in [6.45, 7) is 3.01. The summed E-state index contributed by atoms with van der Waals surface area (Å²) in [5.74, 6) is 0.306. The number of nitrogens with zero attached hydrogens (tertiary/aromatic N) is 1. The van der Waals surface area contributed by atoms with Crippen molar-refractivity contribution in [3.63, 3.8) is 0 Å². The number of halogens is 1. The molecular weight excluding hydrogens is 326 g/mol. The monoisotopic (exact) mass is 351 g/mol. The molecule has 1 aromatic rings. The highest BCUT2D eigenvalue weighted by molar-refractivity contribution is 5.89. The van der Waals surface area contributed by atoms with Crippen LogP contribution in [0.15, 0.2) is 30.3 Å². The molecule has 6 heteroatoms. The van der Waals surface area contributed by atoms with Crippen LogP contribution in [0.3, 0.4) is 0 Å². The number of likely N-dealkylation sites (tertiary alicyclic amines) is 1. The van der Waals surface area contributed by atoms with Crippen molar-refractivity contribution in [3.05, 3.63) is 35.9 Å². The van der Waals surface area contributed by atoms with Crippen molar-refractivity contribution < 1.29 is 9.59 Å². The van der Waals surface area contributed by atoms with Gasteiger partial charge >= 0.3 is 0 Å². The third-order valence-corrected chi connectivity index (χ3v) is 5.02. The molecule has 3 N–H and O–H groups in total. The van der Waals surface area contributed by atoms with Gasteiger partial charge in [-0.2, -0.15) is 0 Å². The molecule has 1 heterocycles. The summed E-state index contributed by atoms with van der Waals surface area (Å²) in [4.78, 5) is 26.4. The van der Waals surface area contributed by atoms with Gasteiger partial charge in [0.1, 0.15) is 0 Å². The summed E-state index contributed by atoms with van der Waals surface area (Å²) in [5.41, 5.74) is 7.11. The lowest BCUT2D eigenvalue weighted by Gasteiger charge is -2.25. The molecule has 3 rings (SSSR count). The number of hydrogen-bond acceptors (Lipinski definition) is 3. The van der Waals surface area contributed by atoms with E-state index in [2.05, 4.69) is 5.32 Å². The van der Waals surface area contributed by atoms with E-state index in [0.29, 0.717) is 25.4 Å². The highest BCUT2D eigenvalue weighted by Crippen LogP contribution is 2.31. The van der Waals surface area contributed by atoms with Crippen LogP contribution in [0.1, 0.15) is 37.8 Å². The molecule has 0 aromatic heterocycles. The maximum Gasteiger partial charge on any atom is 0.225 e. The number of carbonyl (C=O) groups excluding carboxylic acids is 2. The smallest absolute Gasteiger partial charge is 0.225 e. The molecule has 2 fully saturated rings. The van der Waals surface area contributed by atoms with E-state index in [1.807, 2.05) is 37.3 Å². The molecular formula is C18H26ClN3O2. The molecule has 3 atom stereocenters. The van der Waals surface area contributed by atoms with Gasteiger partial charge in [-0.1, -0.05) is 30.3 Å². The second kappa shape index (κ2) is 7.99. The van der Waals surface area contributed by atoms with Gasteiger partial charge in [-0.15, -0.1) is 12.4 Å². The lowest BCUT2D eigenvalue weighted by atomic mass is 10.1. The second-order valence-corrected chi connectivity index (χ2v) is 6.78. The summed E-state index contributed by atoms with van der Waals surface area (Å²) in [6.07, 6.45) is 2.63. The minimum Gasteiger partial charge on any atom is -0.354 e. The molecule has 24 heavy (non-hydrogen) atoms. The average molecular weight is 352 g/mol.